The molecule has 0 aromatic rings. The third kappa shape index (κ3) is 4.99. The van der Waals surface area contributed by atoms with Crippen molar-refractivity contribution in [2.45, 2.75) is 103 Å². The third-order valence-electron chi connectivity index (χ3n) is 4.42. The van der Waals surface area contributed by atoms with Crippen LogP contribution in [0.3, 0.4) is 0 Å². The van der Waals surface area contributed by atoms with Gasteiger partial charge in [0.25, 0.3) is 0 Å². The molecule has 1 heteroatoms. The molecule has 0 saturated carbocycles. The molecule has 1 aliphatic rings. The molecule has 1 heterocycles. The molecule has 1 aliphatic heterocycles. The summed E-state index contributed by atoms with van der Waals surface area (Å²) < 4.78 is 5.86. The lowest BCUT2D eigenvalue weighted by Crippen LogP contribution is -2.11. The van der Waals surface area contributed by atoms with E-state index >= 15 is 0 Å². The molecule has 1 saturated heterocycles. The molecule has 0 spiro atoms. The van der Waals surface area contributed by atoms with E-state index in [0.717, 1.165) is 0 Å². The average Bonchev–Trinajstić information content (AvgIpc) is 3.07. The lowest BCUT2D eigenvalue weighted by Gasteiger charge is -2.05. The van der Waals surface area contributed by atoms with Gasteiger partial charge in [0.2, 0.25) is 0 Å². The Morgan fingerprint density at radius 3 is 1.76 bits per heavy atom. The summed E-state index contributed by atoms with van der Waals surface area (Å²) in [6.07, 6.45) is 15.6. The molecule has 0 bridgehead atoms. The largest absolute Gasteiger partial charge is 0.366 e. The van der Waals surface area contributed by atoms with Gasteiger partial charge in [-0.25, -0.2) is 0 Å². The summed E-state index contributed by atoms with van der Waals surface area (Å²) in [6, 6.07) is 0. The predicted molar refractivity (Wildman–Crippen MR) is 75.4 cm³/mol. The zero-order valence-corrected chi connectivity index (χ0v) is 12.3. The molecule has 0 N–H and O–H groups in total. The SMILES string of the molecule is CCCCCCCCCC[C@H]1OC1(CC)CC. The van der Waals surface area contributed by atoms with E-state index in [2.05, 4.69) is 20.8 Å². The summed E-state index contributed by atoms with van der Waals surface area (Å²) in [4.78, 5) is 0. The van der Waals surface area contributed by atoms with Crippen LogP contribution in [0.4, 0.5) is 0 Å². The van der Waals surface area contributed by atoms with E-state index in [4.69, 9.17) is 4.74 Å². The van der Waals surface area contributed by atoms with Crippen molar-refractivity contribution in [3.05, 3.63) is 0 Å². The number of rotatable bonds is 11. The molecule has 1 atom stereocenters. The fourth-order valence-electron chi connectivity index (χ4n) is 2.91. The minimum Gasteiger partial charge on any atom is -0.366 e. The number of unbranched alkanes of at least 4 members (excludes halogenated alkanes) is 7. The highest BCUT2D eigenvalue weighted by molar-refractivity contribution is 5.00. The first-order valence-electron chi connectivity index (χ1n) is 7.97. The summed E-state index contributed by atoms with van der Waals surface area (Å²) in [5, 5.41) is 0. The average molecular weight is 240 g/mol. The van der Waals surface area contributed by atoms with Crippen LogP contribution < -0.4 is 0 Å². The molecule has 17 heavy (non-hydrogen) atoms. The molecule has 0 radical (unpaired) electrons. The minimum absolute atomic E-state index is 0.293. The quantitative estimate of drug-likeness (QED) is 0.344. The third-order valence-corrected chi connectivity index (χ3v) is 4.42. The fraction of sp³-hybridized carbons (Fsp3) is 1.00. The van der Waals surface area contributed by atoms with Crippen molar-refractivity contribution in [2.24, 2.45) is 0 Å². The van der Waals surface area contributed by atoms with E-state index in [-0.39, 0.29) is 0 Å². The maximum Gasteiger partial charge on any atom is 0.0943 e. The molecule has 1 nitrogen and oxygen atoms in total. The molecule has 0 aromatic heterocycles. The van der Waals surface area contributed by atoms with Crippen molar-refractivity contribution >= 4 is 0 Å². The predicted octanol–water partition coefficient (Wildman–Crippen LogP) is 5.47. The summed E-state index contributed by atoms with van der Waals surface area (Å²) in [6.45, 7) is 6.80. The Hall–Kier alpha value is -0.0400. The highest BCUT2D eigenvalue weighted by atomic mass is 16.6. The Balaban J connectivity index is 1.86. The Labute approximate surface area is 108 Å². The maximum atomic E-state index is 5.86. The number of ether oxygens (including phenoxy) is 1. The van der Waals surface area contributed by atoms with Gasteiger partial charge in [0, 0.05) is 0 Å². The topological polar surface area (TPSA) is 12.5 Å². The van der Waals surface area contributed by atoms with Crippen molar-refractivity contribution in [1.82, 2.24) is 0 Å². The van der Waals surface area contributed by atoms with Gasteiger partial charge in [-0.05, 0) is 19.3 Å². The second kappa shape index (κ2) is 8.13. The molecular formula is C16H32O. The van der Waals surface area contributed by atoms with Crippen molar-refractivity contribution in [3.63, 3.8) is 0 Å². The molecule has 0 aliphatic carbocycles. The number of epoxide rings is 1. The van der Waals surface area contributed by atoms with Crippen LogP contribution in [0.2, 0.25) is 0 Å². The Morgan fingerprint density at radius 2 is 1.29 bits per heavy atom. The lowest BCUT2D eigenvalue weighted by molar-refractivity contribution is 0.277. The first-order valence-corrected chi connectivity index (χ1v) is 7.97. The van der Waals surface area contributed by atoms with Crippen LogP contribution in [0.1, 0.15) is 91.4 Å². The van der Waals surface area contributed by atoms with Crippen LogP contribution in [-0.4, -0.2) is 11.7 Å². The van der Waals surface area contributed by atoms with Crippen LogP contribution in [0.5, 0.6) is 0 Å². The van der Waals surface area contributed by atoms with Gasteiger partial charge in [0.15, 0.2) is 0 Å². The highest BCUT2D eigenvalue weighted by Crippen LogP contribution is 2.45. The van der Waals surface area contributed by atoms with Crippen LogP contribution >= 0.6 is 0 Å². The van der Waals surface area contributed by atoms with Crippen LogP contribution in [0, 0.1) is 0 Å². The maximum absolute atomic E-state index is 5.86. The first kappa shape index (κ1) is 15.0. The van der Waals surface area contributed by atoms with Gasteiger partial charge >= 0.3 is 0 Å². The number of hydrogen-bond acceptors (Lipinski definition) is 1. The van der Waals surface area contributed by atoms with Gasteiger partial charge in [-0.3, -0.25) is 0 Å². The smallest absolute Gasteiger partial charge is 0.0943 e. The van der Waals surface area contributed by atoms with Gasteiger partial charge in [-0.1, -0.05) is 72.1 Å². The molecule has 102 valence electrons. The van der Waals surface area contributed by atoms with Gasteiger partial charge in [-0.15, -0.1) is 0 Å². The fourth-order valence-corrected chi connectivity index (χ4v) is 2.91. The molecular weight excluding hydrogens is 208 g/mol. The van der Waals surface area contributed by atoms with E-state index in [9.17, 15) is 0 Å². The van der Waals surface area contributed by atoms with Crippen LogP contribution in [0.25, 0.3) is 0 Å². The number of hydrogen-bond donors (Lipinski definition) is 0. The van der Waals surface area contributed by atoms with Gasteiger partial charge < -0.3 is 4.74 Å². The van der Waals surface area contributed by atoms with Crippen molar-refractivity contribution in [2.75, 3.05) is 0 Å². The molecule has 1 rings (SSSR count). The van der Waals surface area contributed by atoms with Crippen molar-refractivity contribution in [3.8, 4) is 0 Å². The Morgan fingerprint density at radius 1 is 0.765 bits per heavy atom. The molecule has 0 aromatic carbocycles. The van der Waals surface area contributed by atoms with Crippen LogP contribution in [-0.2, 0) is 4.74 Å². The minimum atomic E-state index is 0.293. The summed E-state index contributed by atoms with van der Waals surface area (Å²) in [7, 11) is 0. The van der Waals surface area contributed by atoms with Gasteiger partial charge in [-0.2, -0.15) is 0 Å². The monoisotopic (exact) mass is 240 g/mol. The molecule has 1 fully saturated rings. The highest BCUT2D eigenvalue weighted by Gasteiger charge is 2.52. The van der Waals surface area contributed by atoms with Crippen molar-refractivity contribution < 1.29 is 4.74 Å². The Kier molecular flexibility index (Phi) is 7.18. The molecule has 0 unspecified atom stereocenters. The Bertz CT molecular complexity index is 184. The van der Waals surface area contributed by atoms with E-state index in [1.54, 1.807) is 0 Å². The summed E-state index contributed by atoms with van der Waals surface area (Å²) in [5.41, 5.74) is 0.293. The van der Waals surface area contributed by atoms with E-state index in [0.29, 0.717) is 11.7 Å². The standard InChI is InChI=1S/C16H32O/c1-4-7-8-9-10-11-12-13-14-15-16(5-2,6-3)17-15/h15H,4-14H2,1-3H3/t15-/m1/s1. The second-order valence-electron chi connectivity index (χ2n) is 5.64. The van der Waals surface area contributed by atoms with E-state index in [1.165, 1.54) is 70.6 Å². The lowest BCUT2D eigenvalue weighted by atomic mass is 9.95. The van der Waals surface area contributed by atoms with Gasteiger partial charge in [0.1, 0.15) is 0 Å². The second-order valence-corrected chi connectivity index (χ2v) is 5.64. The normalized spacial score (nSPS) is 21.7. The molecule has 0 amide bonds. The van der Waals surface area contributed by atoms with E-state index < -0.39 is 0 Å². The summed E-state index contributed by atoms with van der Waals surface area (Å²) in [5.74, 6) is 0. The summed E-state index contributed by atoms with van der Waals surface area (Å²) >= 11 is 0. The van der Waals surface area contributed by atoms with Crippen LogP contribution in [0.15, 0.2) is 0 Å². The first-order chi connectivity index (χ1) is 8.29. The zero-order chi connectivity index (χ0) is 12.6. The van der Waals surface area contributed by atoms with Gasteiger partial charge in [0.05, 0.1) is 11.7 Å². The van der Waals surface area contributed by atoms with Crippen molar-refractivity contribution in [1.29, 1.82) is 0 Å². The zero-order valence-electron chi connectivity index (χ0n) is 12.3. The van der Waals surface area contributed by atoms with E-state index in [1.807, 2.05) is 0 Å².